The lowest BCUT2D eigenvalue weighted by molar-refractivity contribution is 0.398. The molecule has 1 N–H and O–H groups in total. The van der Waals surface area contributed by atoms with Crippen LogP contribution in [0.25, 0.3) is 17.1 Å². The number of ether oxygens (including phenoxy) is 1. The summed E-state index contributed by atoms with van der Waals surface area (Å²) in [5, 5.41) is 21.8. The third-order valence-electron chi connectivity index (χ3n) is 3.01. The van der Waals surface area contributed by atoms with E-state index in [4.69, 9.17) is 4.74 Å². The molecule has 3 rings (SSSR count). The van der Waals surface area contributed by atoms with Gasteiger partial charge in [-0.05, 0) is 28.6 Å². The average molecular weight is 300 g/mol. The number of aromatic hydroxyl groups is 1. The lowest BCUT2D eigenvalue weighted by Crippen LogP contribution is -2.00. The zero-order valence-electron chi connectivity index (χ0n) is 11.1. The molecule has 106 valence electrons. The Morgan fingerprint density at radius 1 is 1.19 bits per heavy atom. The van der Waals surface area contributed by atoms with Crippen LogP contribution in [0.15, 0.2) is 47.4 Å². The van der Waals surface area contributed by atoms with E-state index in [1.54, 1.807) is 10.7 Å². The molecule has 0 spiro atoms. The third-order valence-corrected chi connectivity index (χ3v) is 3.36. The minimum atomic E-state index is 0.0247. The Morgan fingerprint density at radius 3 is 2.67 bits per heavy atom. The maximum absolute atomic E-state index is 10.2. The molecule has 6 nitrogen and oxygen atoms in total. The summed E-state index contributed by atoms with van der Waals surface area (Å²) in [6, 6.07) is 12.6. The van der Waals surface area contributed by atoms with Crippen molar-refractivity contribution in [2.24, 2.45) is 0 Å². The van der Waals surface area contributed by atoms with E-state index in [1.165, 1.54) is 13.2 Å². The SMILES string of the molecule is COc1cc(O)c(-c2nnnn2-c2ccccc2)cc1S. The summed E-state index contributed by atoms with van der Waals surface area (Å²) in [7, 11) is 1.52. The average Bonchev–Trinajstić information content (AvgIpc) is 2.99. The van der Waals surface area contributed by atoms with E-state index >= 15 is 0 Å². The lowest BCUT2D eigenvalue weighted by atomic mass is 10.1. The van der Waals surface area contributed by atoms with Gasteiger partial charge in [0.05, 0.1) is 18.4 Å². The molecule has 0 aliphatic heterocycles. The number of hydrogen-bond donors (Lipinski definition) is 2. The molecule has 0 bridgehead atoms. The monoisotopic (exact) mass is 300 g/mol. The Bertz CT molecular complexity index is 774. The molecular weight excluding hydrogens is 288 g/mol. The molecule has 0 amide bonds. The second-order valence-electron chi connectivity index (χ2n) is 4.29. The van der Waals surface area contributed by atoms with Crippen LogP contribution in [0.3, 0.4) is 0 Å². The van der Waals surface area contributed by atoms with Gasteiger partial charge in [0.25, 0.3) is 0 Å². The predicted octanol–water partition coefficient (Wildman–Crippen LogP) is 2.33. The molecule has 0 fully saturated rings. The molecule has 0 aliphatic carbocycles. The van der Waals surface area contributed by atoms with Crippen molar-refractivity contribution in [2.45, 2.75) is 4.90 Å². The Balaban J connectivity index is 2.15. The van der Waals surface area contributed by atoms with Gasteiger partial charge < -0.3 is 9.84 Å². The molecule has 0 aliphatic rings. The van der Waals surface area contributed by atoms with Crippen LogP contribution in [0.5, 0.6) is 11.5 Å². The van der Waals surface area contributed by atoms with Crippen LogP contribution in [0.1, 0.15) is 0 Å². The first-order chi connectivity index (χ1) is 10.2. The number of aromatic nitrogens is 4. The fourth-order valence-electron chi connectivity index (χ4n) is 2.00. The Kier molecular flexibility index (Phi) is 3.49. The summed E-state index contributed by atoms with van der Waals surface area (Å²) in [6.07, 6.45) is 0. The van der Waals surface area contributed by atoms with Crippen LogP contribution in [0.4, 0.5) is 0 Å². The number of nitrogens with zero attached hydrogens (tertiary/aromatic N) is 4. The first kappa shape index (κ1) is 13.4. The van der Waals surface area contributed by atoms with Gasteiger partial charge in [-0.15, -0.1) is 17.7 Å². The largest absolute Gasteiger partial charge is 0.507 e. The molecular formula is C14H12N4O2S. The summed E-state index contributed by atoms with van der Waals surface area (Å²) < 4.78 is 6.67. The van der Waals surface area contributed by atoms with Crippen molar-refractivity contribution in [3.63, 3.8) is 0 Å². The van der Waals surface area contributed by atoms with Gasteiger partial charge in [0, 0.05) is 11.0 Å². The minimum Gasteiger partial charge on any atom is -0.507 e. The molecule has 0 unspecified atom stereocenters. The summed E-state index contributed by atoms with van der Waals surface area (Å²) in [5.41, 5.74) is 1.28. The van der Waals surface area contributed by atoms with E-state index < -0.39 is 0 Å². The van der Waals surface area contributed by atoms with Gasteiger partial charge in [0.15, 0.2) is 5.82 Å². The summed E-state index contributed by atoms with van der Waals surface area (Å²) >= 11 is 4.33. The van der Waals surface area contributed by atoms with Gasteiger partial charge in [-0.3, -0.25) is 0 Å². The lowest BCUT2D eigenvalue weighted by Gasteiger charge is -2.09. The third kappa shape index (κ3) is 2.43. The molecule has 1 heterocycles. The maximum atomic E-state index is 10.2. The number of phenolic OH excluding ortho intramolecular Hbond substituents is 1. The van der Waals surface area contributed by atoms with Gasteiger partial charge in [-0.1, -0.05) is 18.2 Å². The Hall–Kier alpha value is -2.54. The number of tetrazole rings is 1. The number of phenols is 1. The standard InChI is InChI=1S/C14H12N4O2S/c1-20-12-8-11(19)10(7-13(12)21)14-15-16-17-18(14)9-5-3-2-4-6-9/h2-8,19,21H,1H3. The van der Waals surface area contributed by atoms with Crippen LogP contribution < -0.4 is 4.74 Å². The van der Waals surface area contributed by atoms with Crippen molar-refractivity contribution in [1.82, 2.24) is 20.2 Å². The molecule has 1 aromatic heterocycles. The number of rotatable bonds is 3. The van der Waals surface area contributed by atoms with Gasteiger partial charge in [0.1, 0.15) is 11.5 Å². The topological polar surface area (TPSA) is 73.1 Å². The highest BCUT2D eigenvalue weighted by Gasteiger charge is 2.16. The minimum absolute atomic E-state index is 0.0247. The van der Waals surface area contributed by atoms with E-state index in [2.05, 4.69) is 28.2 Å². The number of para-hydroxylation sites is 1. The molecule has 3 aromatic rings. The van der Waals surface area contributed by atoms with Crippen LogP contribution >= 0.6 is 12.6 Å². The quantitative estimate of drug-likeness (QED) is 0.726. The first-order valence-electron chi connectivity index (χ1n) is 6.15. The molecule has 7 heteroatoms. The van der Waals surface area contributed by atoms with E-state index in [0.29, 0.717) is 22.0 Å². The molecule has 21 heavy (non-hydrogen) atoms. The highest BCUT2D eigenvalue weighted by atomic mass is 32.1. The second-order valence-corrected chi connectivity index (χ2v) is 4.77. The van der Waals surface area contributed by atoms with Gasteiger partial charge >= 0.3 is 0 Å². The first-order valence-corrected chi connectivity index (χ1v) is 6.59. The second kappa shape index (κ2) is 5.45. The van der Waals surface area contributed by atoms with Crippen molar-refractivity contribution in [2.75, 3.05) is 7.11 Å². The van der Waals surface area contributed by atoms with Crippen LogP contribution in [-0.4, -0.2) is 32.4 Å². The van der Waals surface area contributed by atoms with Crippen molar-refractivity contribution in [3.05, 3.63) is 42.5 Å². The molecule has 2 aromatic carbocycles. The fraction of sp³-hybridized carbons (Fsp3) is 0.0714. The maximum Gasteiger partial charge on any atom is 0.190 e. The van der Waals surface area contributed by atoms with Crippen molar-refractivity contribution < 1.29 is 9.84 Å². The van der Waals surface area contributed by atoms with E-state index in [-0.39, 0.29) is 5.75 Å². The van der Waals surface area contributed by atoms with Crippen molar-refractivity contribution in [1.29, 1.82) is 0 Å². The Morgan fingerprint density at radius 2 is 1.95 bits per heavy atom. The number of methoxy groups -OCH3 is 1. The summed E-state index contributed by atoms with van der Waals surface area (Å²) in [6.45, 7) is 0. The molecule has 0 radical (unpaired) electrons. The van der Waals surface area contributed by atoms with Crippen LogP contribution in [0.2, 0.25) is 0 Å². The predicted molar refractivity (Wildman–Crippen MR) is 80.1 cm³/mol. The zero-order valence-corrected chi connectivity index (χ0v) is 12.0. The van der Waals surface area contributed by atoms with Gasteiger partial charge in [-0.2, -0.15) is 4.68 Å². The van der Waals surface area contributed by atoms with Gasteiger partial charge in [-0.25, -0.2) is 0 Å². The number of thiol groups is 1. The van der Waals surface area contributed by atoms with Crippen molar-refractivity contribution in [3.8, 4) is 28.6 Å². The molecule has 0 atom stereocenters. The van der Waals surface area contributed by atoms with Gasteiger partial charge in [0.2, 0.25) is 0 Å². The van der Waals surface area contributed by atoms with Crippen molar-refractivity contribution >= 4 is 12.6 Å². The summed E-state index contributed by atoms with van der Waals surface area (Å²) in [5.74, 6) is 0.937. The Labute approximate surface area is 126 Å². The zero-order chi connectivity index (χ0) is 14.8. The van der Waals surface area contributed by atoms with Crippen LogP contribution in [-0.2, 0) is 0 Å². The molecule has 0 saturated carbocycles. The van der Waals surface area contributed by atoms with Crippen LogP contribution in [0, 0.1) is 0 Å². The fourth-order valence-corrected chi connectivity index (χ4v) is 2.28. The van der Waals surface area contributed by atoms with E-state index in [9.17, 15) is 5.11 Å². The highest BCUT2D eigenvalue weighted by Crippen LogP contribution is 2.36. The number of hydrogen-bond acceptors (Lipinski definition) is 6. The van der Waals surface area contributed by atoms with E-state index in [1.807, 2.05) is 30.3 Å². The normalized spacial score (nSPS) is 10.6. The highest BCUT2D eigenvalue weighted by molar-refractivity contribution is 7.80. The molecule has 0 saturated heterocycles. The summed E-state index contributed by atoms with van der Waals surface area (Å²) in [4.78, 5) is 0.591. The number of benzene rings is 2. The smallest absolute Gasteiger partial charge is 0.190 e. The van der Waals surface area contributed by atoms with E-state index in [0.717, 1.165) is 5.69 Å².